The fourth-order valence-corrected chi connectivity index (χ4v) is 2.00. The van der Waals surface area contributed by atoms with Crippen LogP contribution in [0, 0.1) is 24.1 Å². The Morgan fingerprint density at radius 2 is 2.22 bits per heavy atom. The van der Waals surface area contributed by atoms with Gasteiger partial charge in [-0.2, -0.15) is 10.4 Å². The van der Waals surface area contributed by atoms with Gasteiger partial charge in [0.05, 0.1) is 11.4 Å². The number of halogens is 2. The monoisotopic (exact) mass is 308 g/mol. The molecule has 1 N–H and O–H groups in total. The van der Waals surface area contributed by atoms with Crippen LogP contribution in [0.2, 0.25) is 0 Å². The fourth-order valence-electron chi connectivity index (χ4n) is 1.66. The minimum Gasteiger partial charge on any atom is -0.338 e. The molecule has 0 fully saturated rings. The highest BCUT2D eigenvalue weighted by atomic mass is 79.9. The van der Waals surface area contributed by atoms with Crippen molar-refractivity contribution in [1.82, 2.24) is 9.78 Å². The zero-order chi connectivity index (χ0) is 13.3. The lowest BCUT2D eigenvalue weighted by atomic mass is 10.2. The molecule has 18 heavy (non-hydrogen) atoms. The lowest BCUT2D eigenvalue weighted by Gasteiger charge is -2.09. The molecule has 0 aliphatic heterocycles. The van der Waals surface area contributed by atoms with E-state index in [9.17, 15) is 4.39 Å². The molecule has 6 heteroatoms. The number of nitrogens with one attached hydrogen (secondary N) is 1. The van der Waals surface area contributed by atoms with Crippen molar-refractivity contribution in [2.45, 2.75) is 6.92 Å². The number of aromatic nitrogens is 2. The van der Waals surface area contributed by atoms with Crippen LogP contribution >= 0.6 is 15.9 Å². The number of hydrogen-bond acceptors (Lipinski definition) is 3. The van der Waals surface area contributed by atoms with Gasteiger partial charge in [-0.05, 0) is 41.1 Å². The summed E-state index contributed by atoms with van der Waals surface area (Å²) in [5, 5.41) is 16.3. The van der Waals surface area contributed by atoms with Crippen molar-refractivity contribution >= 4 is 27.4 Å². The number of rotatable bonds is 2. The van der Waals surface area contributed by atoms with Gasteiger partial charge in [0.1, 0.15) is 23.3 Å². The predicted octanol–water partition coefficient (Wildman–Crippen LogP) is 3.25. The van der Waals surface area contributed by atoms with Gasteiger partial charge in [0, 0.05) is 11.5 Å². The van der Waals surface area contributed by atoms with E-state index in [1.807, 2.05) is 0 Å². The molecule has 0 aliphatic carbocycles. The Hall–Kier alpha value is -1.87. The lowest BCUT2D eigenvalue weighted by molar-refractivity contribution is 0.628. The van der Waals surface area contributed by atoms with Crippen LogP contribution in [0.15, 0.2) is 22.7 Å². The van der Waals surface area contributed by atoms with Crippen molar-refractivity contribution in [3.05, 3.63) is 39.7 Å². The maximum Gasteiger partial charge on any atom is 0.146 e. The van der Waals surface area contributed by atoms with Crippen LogP contribution in [0.5, 0.6) is 0 Å². The Kier molecular flexibility index (Phi) is 3.34. The molecule has 0 aliphatic rings. The molecular weight excluding hydrogens is 299 g/mol. The molecule has 0 amide bonds. The van der Waals surface area contributed by atoms with Crippen LogP contribution in [0.4, 0.5) is 15.9 Å². The van der Waals surface area contributed by atoms with Gasteiger partial charge < -0.3 is 5.32 Å². The van der Waals surface area contributed by atoms with Crippen molar-refractivity contribution in [2.75, 3.05) is 5.32 Å². The van der Waals surface area contributed by atoms with E-state index < -0.39 is 0 Å². The highest BCUT2D eigenvalue weighted by Gasteiger charge is 2.14. The van der Waals surface area contributed by atoms with Gasteiger partial charge in [0.25, 0.3) is 0 Å². The Bertz CT molecular complexity index is 642. The van der Waals surface area contributed by atoms with E-state index in [-0.39, 0.29) is 5.82 Å². The average molecular weight is 309 g/mol. The SMILES string of the molecule is Cc1nn(C)c(Nc2cc(F)ccc2Br)c1C#N. The largest absolute Gasteiger partial charge is 0.338 e. The number of aryl methyl sites for hydroxylation is 2. The summed E-state index contributed by atoms with van der Waals surface area (Å²) in [6.45, 7) is 1.75. The fraction of sp³-hybridized carbons (Fsp3) is 0.167. The van der Waals surface area contributed by atoms with Crippen molar-refractivity contribution < 1.29 is 4.39 Å². The smallest absolute Gasteiger partial charge is 0.146 e. The number of nitrogens with zero attached hydrogens (tertiary/aromatic N) is 3. The molecule has 4 nitrogen and oxygen atoms in total. The number of nitriles is 1. The third kappa shape index (κ3) is 2.22. The topological polar surface area (TPSA) is 53.6 Å². The van der Waals surface area contributed by atoms with Gasteiger partial charge in [-0.15, -0.1) is 0 Å². The first kappa shape index (κ1) is 12.6. The van der Waals surface area contributed by atoms with Gasteiger partial charge >= 0.3 is 0 Å². The second-order valence-corrected chi connectivity index (χ2v) is 4.65. The van der Waals surface area contributed by atoms with E-state index in [1.54, 1.807) is 24.7 Å². The standard InChI is InChI=1S/C12H10BrFN4/c1-7-9(6-15)12(18(2)17-7)16-11-5-8(14)3-4-10(11)13/h3-5,16H,1-2H3. The van der Waals surface area contributed by atoms with Crippen LogP contribution in [0.1, 0.15) is 11.3 Å². The van der Waals surface area contributed by atoms with Crippen LogP contribution in [-0.4, -0.2) is 9.78 Å². The first-order valence-electron chi connectivity index (χ1n) is 5.18. The molecule has 0 saturated heterocycles. The van der Waals surface area contributed by atoms with Gasteiger partial charge in [-0.1, -0.05) is 0 Å². The van der Waals surface area contributed by atoms with Crippen LogP contribution in [0.25, 0.3) is 0 Å². The Morgan fingerprint density at radius 1 is 1.50 bits per heavy atom. The summed E-state index contributed by atoms with van der Waals surface area (Å²) in [7, 11) is 1.73. The van der Waals surface area contributed by atoms with Gasteiger partial charge in [0.15, 0.2) is 0 Å². The summed E-state index contributed by atoms with van der Waals surface area (Å²) in [6, 6.07) is 6.40. The van der Waals surface area contributed by atoms with E-state index >= 15 is 0 Å². The molecule has 0 unspecified atom stereocenters. The quantitative estimate of drug-likeness (QED) is 0.926. The maximum atomic E-state index is 13.2. The summed E-state index contributed by atoms with van der Waals surface area (Å²) < 4.78 is 15.5. The highest BCUT2D eigenvalue weighted by Crippen LogP contribution is 2.28. The van der Waals surface area contributed by atoms with E-state index in [0.29, 0.717) is 27.2 Å². The molecule has 0 spiro atoms. The van der Waals surface area contributed by atoms with E-state index in [2.05, 4.69) is 32.4 Å². The van der Waals surface area contributed by atoms with Gasteiger partial charge in [-0.3, -0.25) is 4.68 Å². The Morgan fingerprint density at radius 3 is 2.89 bits per heavy atom. The lowest BCUT2D eigenvalue weighted by Crippen LogP contribution is -2.01. The summed E-state index contributed by atoms with van der Waals surface area (Å²) in [5.41, 5.74) is 1.64. The van der Waals surface area contributed by atoms with Crippen molar-refractivity contribution in [3.63, 3.8) is 0 Å². The summed E-state index contributed by atoms with van der Waals surface area (Å²) in [4.78, 5) is 0. The van der Waals surface area contributed by atoms with Crippen molar-refractivity contribution in [1.29, 1.82) is 5.26 Å². The Labute approximate surface area is 112 Å². The van der Waals surface area contributed by atoms with Gasteiger partial charge in [-0.25, -0.2) is 4.39 Å². The summed E-state index contributed by atoms with van der Waals surface area (Å²) in [6.07, 6.45) is 0. The van der Waals surface area contributed by atoms with Crippen molar-refractivity contribution in [3.8, 4) is 6.07 Å². The second kappa shape index (κ2) is 4.78. The molecule has 92 valence electrons. The predicted molar refractivity (Wildman–Crippen MR) is 70.0 cm³/mol. The molecule has 1 aromatic carbocycles. The third-order valence-corrected chi connectivity index (χ3v) is 3.21. The number of benzene rings is 1. The molecule has 2 rings (SSSR count). The van der Waals surface area contributed by atoms with Crippen LogP contribution in [0.3, 0.4) is 0 Å². The van der Waals surface area contributed by atoms with Crippen LogP contribution in [-0.2, 0) is 7.05 Å². The van der Waals surface area contributed by atoms with E-state index in [0.717, 1.165) is 0 Å². The van der Waals surface area contributed by atoms with Gasteiger partial charge in [0.2, 0.25) is 0 Å². The Balaban J connectivity index is 2.46. The summed E-state index contributed by atoms with van der Waals surface area (Å²) >= 11 is 3.32. The molecule has 0 saturated carbocycles. The average Bonchev–Trinajstić information content (AvgIpc) is 2.58. The second-order valence-electron chi connectivity index (χ2n) is 3.79. The minimum absolute atomic E-state index is 0.349. The van der Waals surface area contributed by atoms with Crippen molar-refractivity contribution in [2.24, 2.45) is 7.05 Å². The highest BCUT2D eigenvalue weighted by molar-refractivity contribution is 9.10. The zero-order valence-electron chi connectivity index (χ0n) is 9.83. The normalized spacial score (nSPS) is 10.2. The minimum atomic E-state index is -0.349. The van der Waals surface area contributed by atoms with E-state index in [4.69, 9.17) is 5.26 Å². The van der Waals surface area contributed by atoms with E-state index in [1.165, 1.54) is 12.1 Å². The zero-order valence-corrected chi connectivity index (χ0v) is 11.4. The molecule has 0 atom stereocenters. The first-order chi connectivity index (χ1) is 8.52. The first-order valence-corrected chi connectivity index (χ1v) is 5.98. The number of anilines is 2. The molecule has 0 radical (unpaired) electrons. The summed E-state index contributed by atoms with van der Waals surface area (Å²) in [5.74, 6) is 0.194. The molecule has 1 aromatic heterocycles. The molecule has 0 bridgehead atoms. The van der Waals surface area contributed by atoms with Crippen LogP contribution < -0.4 is 5.32 Å². The third-order valence-electron chi connectivity index (χ3n) is 2.52. The molecule has 1 heterocycles. The number of hydrogen-bond donors (Lipinski definition) is 1. The molecule has 2 aromatic rings. The molecular formula is C12H10BrFN4. The maximum absolute atomic E-state index is 13.2.